The average molecular weight is 336 g/mol. The van der Waals surface area contributed by atoms with Crippen LogP contribution in [0.4, 0.5) is 0 Å². The van der Waals surface area contributed by atoms with Crippen molar-refractivity contribution in [3.63, 3.8) is 0 Å². The van der Waals surface area contributed by atoms with Crippen LogP contribution in [0.15, 0.2) is 29.2 Å². The van der Waals surface area contributed by atoms with E-state index in [1.165, 1.54) is 16.7 Å². The number of thiocarbonyl (C=S) groups is 1. The van der Waals surface area contributed by atoms with Gasteiger partial charge >= 0.3 is 0 Å². The van der Waals surface area contributed by atoms with E-state index in [4.69, 9.17) is 17.0 Å². The summed E-state index contributed by atoms with van der Waals surface area (Å²) in [6.07, 6.45) is 2.03. The maximum atomic E-state index is 12.3. The van der Waals surface area contributed by atoms with Crippen molar-refractivity contribution in [3.05, 3.63) is 34.7 Å². The van der Waals surface area contributed by atoms with Gasteiger partial charge in [0, 0.05) is 20.0 Å². The molecule has 0 spiro atoms. The van der Waals surface area contributed by atoms with Crippen LogP contribution in [0.3, 0.4) is 0 Å². The van der Waals surface area contributed by atoms with E-state index >= 15 is 0 Å². The molecule has 1 aromatic carbocycles. The van der Waals surface area contributed by atoms with Crippen LogP contribution in [-0.4, -0.2) is 41.7 Å². The van der Waals surface area contributed by atoms with Gasteiger partial charge in [0.05, 0.1) is 12.0 Å². The van der Waals surface area contributed by atoms with Crippen LogP contribution in [0.2, 0.25) is 0 Å². The van der Waals surface area contributed by atoms with E-state index in [1.807, 2.05) is 24.3 Å². The third-order valence-corrected chi connectivity index (χ3v) is 4.51. The maximum Gasteiger partial charge on any atom is 0.266 e. The highest BCUT2D eigenvalue weighted by Gasteiger charge is 2.31. The summed E-state index contributed by atoms with van der Waals surface area (Å²) in [5.41, 5.74) is 0.896. The van der Waals surface area contributed by atoms with Crippen molar-refractivity contribution in [3.8, 4) is 5.75 Å². The van der Waals surface area contributed by atoms with Gasteiger partial charge in [-0.2, -0.15) is 0 Å². The Labute approximate surface area is 138 Å². The Morgan fingerprint density at radius 3 is 2.68 bits per heavy atom. The van der Waals surface area contributed by atoms with E-state index in [2.05, 4.69) is 5.32 Å². The first kappa shape index (κ1) is 16.5. The summed E-state index contributed by atoms with van der Waals surface area (Å²) in [7, 11) is 3.17. The van der Waals surface area contributed by atoms with E-state index in [0.29, 0.717) is 15.8 Å². The predicted molar refractivity (Wildman–Crippen MR) is 91.6 cm³/mol. The highest BCUT2D eigenvalue weighted by Crippen LogP contribution is 2.32. The van der Waals surface area contributed by atoms with Gasteiger partial charge in [-0.3, -0.25) is 14.5 Å². The molecule has 1 aromatic rings. The number of carbonyl (C=O) groups excluding carboxylic acids is 2. The summed E-state index contributed by atoms with van der Waals surface area (Å²) in [4.78, 5) is 25.7. The molecule has 1 saturated heterocycles. The van der Waals surface area contributed by atoms with Gasteiger partial charge in [0.15, 0.2) is 0 Å². The van der Waals surface area contributed by atoms with Gasteiger partial charge in [0.1, 0.15) is 10.1 Å². The van der Waals surface area contributed by atoms with E-state index in [1.54, 1.807) is 20.2 Å². The Morgan fingerprint density at radius 1 is 1.41 bits per heavy atom. The molecule has 0 bridgehead atoms. The first-order valence-corrected chi connectivity index (χ1v) is 7.87. The molecule has 5 nitrogen and oxygen atoms in total. The molecule has 0 aliphatic carbocycles. The Balaban J connectivity index is 2.09. The second-order valence-corrected chi connectivity index (χ2v) is 6.21. The lowest BCUT2D eigenvalue weighted by molar-refractivity contribution is -0.123. The molecule has 2 rings (SSSR count). The molecule has 116 valence electrons. The quantitative estimate of drug-likeness (QED) is 0.659. The molecular weight excluding hydrogens is 320 g/mol. The van der Waals surface area contributed by atoms with Crippen LogP contribution in [0.25, 0.3) is 6.08 Å². The minimum absolute atomic E-state index is 0.117. The second kappa shape index (κ2) is 7.42. The van der Waals surface area contributed by atoms with Crippen LogP contribution in [-0.2, 0) is 9.59 Å². The summed E-state index contributed by atoms with van der Waals surface area (Å²) in [5, 5.41) is 2.53. The average Bonchev–Trinajstić information content (AvgIpc) is 2.79. The molecule has 1 aliphatic heterocycles. The number of ether oxygens (including phenoxy) is 1. The second-order valence-electron chi connectivity index (χ2n) is 4.53. The van der Waals surface area contributed by atoms with Crippen molar-refractivity contribution in [2.45, 2.75) is 6.42 Å². The van der Waals surface area contributed by atoms with Gasteiger partial charge in [-0.15, -0.1) is 0 Å². The monoisotopic (exact) mass is 336 g/mol. The van der Waals surface area contributed by atoms with Crippen molar-refractivity contribution < 1.29 is 14.3 Å². The van der Waals surface area contributed by atoms with Crippen LogP contribution in [0, 0.1) is 0 Å². The van der Waals surface area contributed by atoms with Crippen LogP contribution in [0.5, 0.6) is 5.75 Å². The molecule has 1 fully saturated rings. The first-order valence-electron chi connectivity index (χ1n) is 6.65. The number of methoxy groups -OCH3 is 1. The summed E-state index contributed by atoms with van der Waals surface area (Å²) >= 11 is 6.47. The Hall–Kier alpha value is -1.86. The van der Waals surface area contributed by atoms with Crippen LogP contribution < -0.4 is 10.1 Å². The van der Waals surface area contributed by atoms with Gasteiger partial charge in [0.25, 0.3) is 5.91 Å². The molecule has 0 unspecified atom stereocenters. The lowest BCUT2D eigenvalue weighted by Crippen LogP contribution is -2.32. The standard InChI is InChI=1S/C15H16N2O3S2/c1-16-13(18)7-8-17-14(19)12(22-15(17)21)9-10-3-5-11(20-2)6-4-10/h3-6,9H,7-8H2,1-2H3,(H,16,18)/b12-9-. The van der Waals surface area contributed by atoms with E-state index in [-0.39, 0.29) is 18.2 Å². The smallest absolute Gasteiger partial charge is 0.266 e. The van der Waals surface area contributed by atoms with Crippen molar-refractivity contribution >= 4 is 46.2 Å². The summed E-state index contributed by atoms with van der Waals surface area (Å²) < 4.78 is 5.58. The molecule has 1 heterocycles. The van der Waals surface area contributed by atoms with E-state index in [0.717, 1.165) is 11.3 Å². The van der Waals surface area contributed by atoms with Crippen LogP contribution >= 0.6 is 24.0 Å². The minimum atomic E-state index is -0.158. The Morgan fingerprint density at radius 2 is 2.09 bits per heavy atom. The summed E-state index contributed by atoms with van der Waals surface area (Å²) in [6, 6.07) is 7.40. The SMILES string of the molecule is CNC(=O)CCN1C(=O)/C(=C/c2ccc(OC)cc2)SC1=S. The topological polar surface area (TPSA) is 58.6 Å². The number of carbonyl (C=O) groups is 2. The van der Waals surface area contributed by atoms with Crippen molar-refractivity contribution in [1.29, 1.82) is 0 Å². The number of rotatable bonds is 5. The van der Waals surface area contributed by atoms with Gasteiger partial charge in [-0.1, -0.05) is 36.1 Å². The molecule has 0 radical (unpaired) electrons. The first-order chi connectivity index (χ1) is 10.5. The van der Waals surface area contributed by atoms with Crippen LogP contribution in [0.1, 0.15) is 12.0 Å². The number of hydrogen-bond donors (Lipinski definition) is 1. The molecule has 22 heavy (non-hydrogen) atoms. The summed E-state index contributed by atoms with van der Waals surface area (Å²) in [5.74, 6) is 0.484. The fourth-order valence-electron chi connectivity index (χ4n) is 1.88. The van der Waals surface area contributed by atoms with E-state index in [9.17, 15) is 9.59 Å². The third kappa shape index (κ3) is 3.86. The molecule has 0 aromatic heterocycles. The normalized spacial score (nSPS) is 16.3. The fourth-order valence-corrected chi connectivity index (χ4v) is 3.19. The predicted octanol–water partition coefficient (Wildman–Crippen LogP) is 2.03. The van der Waals surface area contributed by atoms with Gasteiger partial charge in [-0.05, 0) is 23.8 Å². The number of thioether (sulfide) groups is 1. The maximum absolute atomic E-state index is 12.3. The third-order valence-electron chi connectivity index (χ3n) is 3.13. The molecule has 0 saturated carbocycles. The zero-order chi connectivity index (χ0) is 16.1. The van der Waals surface area contributed by atoms with Gasteiger partial charge < -0.3 is 10.1 Å². The van der Waals surface area contributed by atoms with Crippen molar-refractivity contribution in [2.24, 2.45) is 0 Å². The van der Waals surface area contributed by atoms with Gasteiger partial charge in [-0.25, -0.2) is 0 Å². The number of nitrogens with one attached hydrogen (secondary N) is 1. The number of amides is 2. The fraction of sp³-hybridized carbons (Fsp3) is 0.267. The highest BCUT2D eigenvalue weighted by molar-refractivity contribution is 8.26. The molecule has 0 atom stereocenters. The lowest BCUT2D eigenvalue weighted by atomic mass is 10.2. The molecule has 1 aliphatic rings. The molecule has 1 N–H and O–H groups in total. The molecule has 2 amide bonds. The van der Waals surface area contributed by atoms with Crippen molar-refractivity contribution in [1.82, 2.24) is 10.2 Å². The lowest BCUT2D eigenvalue weighted by Gasteiger charge is -2.13. The Kier molecular flexibility index (Phi) is 5.57. The van der Waals surface area contributed by atoms with Crippen molar-refractivity contribution in [2.75, 3.05) is 20.7 Å². The zero-order valence-corrected chi connectivity index (χ0v) is 13.9. The Bertz CT molecular complexity index is 626. The largest absolute Gasteiger partial charge is 0.497 e. The zero-order valence-electron chi connectivity index (χ0n) is 12.3. The highest BCUT2D eigenvalue weighted by atomic mass is 32.2. The summed E-state index contributed by atoms with van der Waals surface area (Å²) in [6.45, 7) is 0.296. The van der Waals surface area contributed by atoms with E-state index < -0.39 is 0 Å². The number of hydrogen-bond acceptors (Lipinski definition) is 5. The number of benzene rings is 1. The van der Waals surface area contributed by atoms with Gasteiger partial charge in [0.2, 0.25) is 5.91 Å². The number of nitrogens with zero attached hydrogens (tertiary/aromatic N) is 1. The minimum Gasteiger partial charge on any atom is -0.497 e. The molecular formula is C15H16N2O3S2. The molecule has 7 heteroatoms.